The zero-order chi connectivity index (χ0) is 18.2. The Kier molecular flexibility index (Phi) is 4.47. The van der Waals surface area contributed by atoms with Crippen molar-refractivity contribution in [2.24, 2.45) is 0 Å². The highest BCUT2D eigenvalue weighted by Gasteiger charge is 2.28. The zero-order valence-corrected chi connectivity index (χ0v) is 14.6. The van der Waals surface area contributed by atoms with Crippen molar-refractivity contribution < 1.29 is 22.3 Å². The lowest BCUT2D eigenvalue weighted by atomic mass is 9.94. The molecule has 0 radical (unpaired) electrons. The number of methoxy groups -OCH3 is 1. The maximum absolute atomic E-state index is 14.0. The van der Waals surface area contributed by atoms with Gasteiger partial charge in [0, 0.05) is 23.7 Å². The molecule has 0 saturated carbocycles. The third-order valence-corrected chi connectivity index (χ3v) is 5.30. The number of amides is 1. The molecule has 1 atom stereocenters. The van der Waals surface area contributed by atoms with Crippen LogP contribution in [0.5, 0.6) is 5.88 Å². The van der Waals surface area contributed by atoms with Crippen molar-refractivity contribution in [2.75, 3.05) is 18.7 Å². The number of anilines is 1. The van der Waals surface area contributed by atoms with E-state index in [1.807, 2.05) is 0 Å². The topological polar surface area (TPSA) is 85.4 Å². The van der Waals surface area contributed by atoms with Gasteiger partial charge in [-0.3, -0.25) is 4.79 Å². The van der Waals surface area contributed by atoms with E-state index in [1.54, 1.807) is 6.07 Å². The average molecular weight is 364 g/mol. The summed E-state index contributed by atoms with van der Waals surface area (Å²) >= 11 is 0. The van der Waals surface area contributed by atoms with Crippen molar-refractivity contribution in [1.29, 1.82) is 0 Å². The summed E-state index contributed by atoms with van der Waals surface area (Å²) in [5, 5.41) is 2.71. The number of carbonyl (C=O) groups excluding carboxylic acids is 1. The third kappa shape index (κ3) is 3.34. The number of halogens is 1. The third-order valence-electron chi connectivity index (χ3n) is 4.21. The fourth-order valence-electron chi connectivity index (χ4n) is 2.94. The van der Waals surface area contributed by atoms with Crippen molar-refractivity contribution in [2.45, 2.75) is 23.7 Å². The van der Waals surface area contributed by atoms with Crippen LogP contribution in [0, 0.1) is 5.82 Å². The Morgan fingerprint density at radius 1 is 1.36 bits per heavy atom. The number of nitrogens with zero attached hydrogens (tertiary/aromatic N) is 1. The predicted molar refractivity (Wildman–Crippen MR) is 90.0 cm³/mol. The molecule has 1 N–H and O–H groups in total. The quantitative estimate of drug-likeness (QED) is 0.903. The number of hydrogen-bond donors (Lipinski definition) is 1. The lowest BCUT2D eigenvalue weighted by Gasteiger charge is -2.15. The van der Waals surface area contributed by atoms with Crippen molar-refractivity contribution in [3.05, 3.63) is 47.4 Å². The number of fused-ring (bicyclic) bond motifs is 1. The Bertz CT molecular complexity index is 944. The average Bonchev–Trinajstić information content (AvgIpc) is 2.73. The lowest BCUT2D eigenvalue weighted by molar-refractivity contribution is -0.117. The van der Waals surface area contributed by atoms with Crippen molar-refractivity contribution in [3.8, 4) is 5.88 Å². The Morgan fingerprint density at radius 3 is 2.80 bits per heavy atom. The van der Waals surface area contributed by atoms with E-state index in [1.165, 1.54) is 31.5 Å². The zero-order valence-electron chi connectivity index (χ0n) is 13.7. The molecule has 132 valence electrons. The van der Waals surface area contributed by atoms with Crippen LogP contribution in [-0.4, -0.2) is 32.7 Å². The second-order valence-corrected chi connectivity index (χ2v) is 7.88. The highest BCUT2D eigenvalue weighted by molar-refractivity contribution is 7.90. The van der Waals surface area contributed by atoms with Gasteiger partial charge in [-0.15, -0.1) is 0 Å². The van der Waals surface area contributed by atoms with Gasteiger partial charge in [-0.1, -0.05) is 6.07 Å². The highest BCUT2D eigenvalue weighted by Crippen LogP contribution is 2.33. The summed E-state index contributed by atoms with van der Waals surface area (Å²) in [4.78, 5) is 16.5. The first kappa shape index (κ1) is 17.3. The molecule has 1 amide bonds. The van der Waals surface area contributed by atoms with Crippen molar-refractivity contribution in [3.63, 3.8) is 0 Å². The molecule has 25 heavy (non-hydrogen) atoms. The monoisotopic (exact) mass is 364 g/mol. The van der Waals surface area contributed by atoms with Crippen molar-refractivity contribution >= 4 is 21.4 Å². The fraction of sp³-hybridized carbons (Fsp3) is 0.294. The molecule has 2 aromatic rings. The van der Waals surface area contributed by atoms with E-state index in [0.717, 1.165) is 6.26 Å². The normalized spacial score (nSPS) is 17.4. The van der Waals surface area contributed by atoms with Crippen LogP contribution in [-0.2, 0) is 21.1 Å². The van der Waals surface area contributed by atoms with Gasteiger partial charge in [-0.05, 0) is 36.6 Å². The lowest BCUT2D eigenvalue weighted by Crippen LogP contribution is -2.20. The number of ether oxygens (including phenoxy) is 1. The van der Waals surface area contributed by atoms with Gasteiger partial charge < -0.3 is 10.1 Å². The van der Waals surface area contributed by atoms with E-state index in [9.17, 15) is 17.6 Å². The van der Waals surface area contributed by atoms with Gasteiger partial charge >= 0.3 is 0 Å². The minimum absolute atomic E-state index is 0.0189. The number of carbonyl (C=O) groups is 1. The Labute approximate surface area is 145 Å². The first-order valence-electron chi connectivity index (χ1n) is 7.63. The van der Waals surface area contributed by atoms with Gasteiger partial charge in [-0.2, -0.15) is 0 Å². The summed E-state index contributed by atoms with van der Waals surface area (Å²) < 4.78 is 42.9. The first-order valence-corrected chi connectivity index (χ1v) is 9.52. The van der Waals surface area contributed by atoms with Gasteiger partial charge in [-0.25, -0.2) is 17.8 Å². The molecule has 1 aromatic carbocycles. The SMILES string of the molecule is COc1ncc(C2CCc3c(F)cccc3NC2=O)cc1S(C)(=O)=O. The van der Waals surface area contributed by atoms with Crippen LogP contribution < -0.4 is 10.1 Å². The standard InChI is InChI=1S/C17H17FN2O4S/c1-24-17-15(25(2,22)23)8-10(9-19-17)11-6-7-12-13(18)4-3-5-14(12)20-16(11)21/h3-5,8-9,11H,6-7H2,1-2H3,(H,20,21). The molecule has 2 heterocycles. The van der Waals surface area contributed by atoms with E-state index < -0.39 is 15.8 Å². The van der Waals surface area contributed by atoms with Crippen LogP contribution in [0.25, 0.3) is 0 Å². The summed E-state index contributed by atoms with van der Waals surface area (Å²) in [6.07, 6.45) is 3.17. The number of benzene rings is 1. The van der Waals surface area contributed by atoms with E-state index in [4.69, 9.17) is 4.74 Å². The molecule has 0 saturated heterocycles. The van der Waals surface area contributed by atoms with Gasteiger partial charge in [0.05, 0.1) is 13.0 Å². The minimum Gasteiger partial charge on any atom is -0.480 e. The first-order chi connectivity index (χ1) is 11.8. The number of aromatic nitrogens is 1. The fourth-order valence-corrected chi connectivity index (χ4v) is 3.75. The van der Waals surface area contributed by atoms with Crippen LogP contribution >= 0.6 is 0 Å². The predicted octanol–water partition coefficient (Wildman–Crippen LogP) is 2.30. The van der Waals surface area contributed by atoms with Gasteiger partial charge in [0.1, 0.15) is 10.7 Å². The van der Waals surface area contributed by atoms with Crippen LogP contribution in [0.15, 0.2) is 35.4 Å². The molecular formula is C17H17FN2O4S. The largest absolute Gasteiger partial charge is 0.480 e. The summed E-state index contributed by atoms with van der Waals surface area (Å²) in [5.74, 6) is -1.35. The van der Waals surface area contributed by atoms with Crippen LogP contribution in [0.1, 0.15) is 23.5 Å². The number of pyridine rings is 1. The maximum atomic E-state index is 14.0. The van der Waals surface area contributed by atoms with E-state index in [0.29, 0.717) is 29.7 Å². The summed E-state index contributed by atoms with van der Waals surface area (Å²) in [6, 6.07) is 5.93. The molecule has 0 aliphatic carbocycles. The number of rotatable bonds is 3. The van der Waals surface area contributed by atoms with Gasteiger partial charge in [0.15, 0.2) is 9.84 Å². The number of nitrogens with one attached hydrogen (secondary N) is 1. The molecule has 0 fully saturated rings. The number of hydrogen-bond acceptors (Lipinski definition) is 5. The van der Waals surface area contributed by atoms with Crippen LogP contribution in [0.2, 0.25) is 0 Å². The molecule has 0 bridgehead atoms. The maximum Gasteiger partial charge on any atom is 0.232 e. The molecule has 1 unspecified atom stereocenters. The smallest absolute Gasteiger partial charge is 0.232 e. The van der Waals surface area contributed by atoms with Gasteiger partial charge in [0.25, 0.3) is 0 Å². The van der Waals surface area contributed by atoms with E-state index in [-0.39, 0.29) is 22.5 Å². The molecule has 0 spiro atoms. The van der Waals surface area contributed by atoms with E-state index in [2.05, 4.69) is 10.3 Å². The molecule has 1 aromatic heterocycles. The summed E-state index contributed by atoms with van der Waals surface area (Å²) in [6.45, 7) is 0. The van der Waals surface area contributed by atoms with E-state index >= 15 is 0 Å². The summed E-state index contributed by atoms with van der Waals surface area (Å²) in [5.41, 5.74) is 1.34. The molecule has 1 aliphatic rings. The molecular weight excluding hydrogens is 347 g/mol. The summed E-state index contributed by atoms with van der Waals surface area (Å²) in [7, 11) is -2.25. The molecule has 8 heteroatoms. The number of sulfone groups is 1. The van der Waals surface area contributed by atoms with Crippen LogP contribution in [0.3, 0.4) is 0 Å². The Hall–Kier alpha value is -2.48. The Morgan fingerprint density at radius 2 is 2.12 bits per heavy atom. The highest BCUT2D eigenvalue weighted by atomic mass is 32.2. The molecule has 1 aliphatic heterocycles. The van der Waals surface area contributed by atoms with Gasteiger partial charge in [0.2, 0.25) is 11.8 Å². The second-order valence-electron chi connectivity index (χ2n) is 5.89. The molecule has 3 rings (SSSR count). The van der Waals surface area contributed by atoms with Crippen molar-refractivity contribution in [1.82, 2.24) is 4.98 Å². The Balaban J connectivity index is 2.01. The molecule has 6 nitrogen and oxygen atoms in total. The van der Waals surface area contributed by atoms with Crippen LogP contribution in [0.4, 0.5) is 10.1 Å². The minimum atomic E-state index is -3.57. The second kappa shape index (κ2) is 6.44.